The zero-order chi connectivity index (χ0) is 13.3. The Labute approximate surface area is 107 Å². The summed E-state index contributed by atoms with van der Waals surface area (Å²) in [6.07, 6.45) is -0.416. The summed E-state index contributed by atoms with van der Waals surface area (Å²) in [6, 6.07) is 9.10. The van der Waals surface area contributed by atoms with Crippen LogP contribution in [0.5, 0.6) is 0 Å². The fraction of sp³-hybridized carbons (Fsp3) is 0.462. The highest BCUT2D eigenvalue weighted by Gasteiger charge is 2.61. The van der Waals surface area contributed by atoms with Gasteiger partial charge in [0, 0.05) is 5.56 Å². The molecule has 2 rings (SSSR count). The van der Waals surface area contributed by atoms with Crippen molar-refractivity contribution in [2.75, 3.05) is 28.2 Å². The summed E-state index contributed by atoms with van der Waals surface area (Å²) < 4.78 is 0. The van der Waals surface area contributed by atoms with Crippen LogP contribution in [0.3, 0.4) is 0 Å². The molecule has 5 heteroatoms. The van der Waals surface area contributed by atoms with Crippen LogP contribution < -0.4 is 0 Å². The highest BCUT2D eigenvalue weighted by Crippen LogP contribution is 2.36. The molecule has 0 aromatic heterocycles. The summed E-state index contributed by atoms with van der Waals surface area (Å²) in [4.78, 5) is 26.5. The average Bonchev–Trinajstić information content (AvgIpc) is 2.28. The predicted octanol–water partition coefficient (Wildman–Crippen LogP) is 0.977. The van der Waals surface area contributed by atoms with Gasteiger partial charge in [-0.1, -0.05) is 30.3 Å². The number of carbonyl (C=O) groups is 1. The molecule has 2 unspecified atom stereocenters. The fourth-order valence-corrected chi connectivity index (χ4v) is 2.06. The molecule has 0 radical (unpaired) electrons. The lowest BCUT2D eigenvalue weighted by atomic mass is 9.96. The van der Waals surface area contributed by atoms with Crippen LogP contribution in [0.25, 0.3) is 0 Å². The molecule has 1 fully saturated rings. The smallest absolute Gasteiger partial charge is 0.262 e. The normalized spacial score (nSPS) is 27.3. The van der Waals surface area contributed by atoms with E-state index in [1.165, 1.54) is 0 Å². The Morgan fingerprint density at radius 2 is 1.78 bits per heavy atom. The van der Waals surface area contributed by atoms with Crippen LogP contribution in [-0.2, 0) is 9.78 Å². The Bertz CT molecular complexity index is 433. The van der Waals surface area contributed by atoms with Gasteiger partial charge in [-0.25, -0.2) is 4.89 Å². The molecule has 0 spiro atoms. The van der Waals surface area contributed by atoms with E-state index in [-0.39, 0.29) is 5.78 Å². The van der Waals surface area contributed by atoms with Gasteiger partial charge in [-0.15, -0.1) is 0 Å². The van der Waals surface area contributed by atoms with Gasteiger partial charge in [0.25, 0.3) is 5.72 Å². The van der Waals surface area contributed by atoms with Crippen molar-refractivity contribution in [2.24, 2.45) is 0 Å². The third-order valence-electron chi connectivity index (χ3n) is 3.10. The molecular weight excluding hydrogens is 232 g/mol. The van der Waals surface area contributed by atoms with E-state index in [9.17, 15) is 4.79 Å². The van der Waals surface area contributed by atoms with E-state index < -0.39 is 12.0 Å². The summed E-state index contributed by atoms with van der Waals surface area (Å²) in [6.45, 7) is 0. The van der Waals surface area contributed by atoms with Gasteiger partial charge in [0.2, 0.25) is 5.78 Å². The van der Waals surface area contributed by atoms with Crippen molar-refractivity contribution in [3.63, 3.8) is 0 Å². The molecule has 1 saturated heterocycles. The lowest BCUT2D eigenvalue weighted by Crippen LogP contribution is -2.73. The van der Waals surface area contributed by atoms with Crippen molar-refractivity contribution >= 4 is 5.78 Å². The number of Topliss-reactive ketones (excluding diaryl/α,β-unsaturated/α-hetero) is 1. The van der Waals surface area contributed by atoms with Crippen molar-refractivity contribution < 1.29 is 14.6 Å². The van der Waals surface area contributed by atoms with Crippen LogP contribution in [0.2, 0.25) is 0 Å². The van der Waals surface area contributed by atoms with Gasteiger partial charge < -0.3 is 0 Å². The van der Waals surface area contributed by atoms with Gasteiger partial charge in [0.15, 0.2) is 6.23 Å². The lowest BCUT2D eigenvalue weighted by molar-refractivity contribution is -0.540. The zero-order valence-corrected chi connectivity index (χ0v) is 11.1. The van der Waals surface area contributed by atoms with Crippen LogP contribution in [0.15, 0.2) is 30.3 Å². The van der Waals surface area contributed by atoms with E-state index in [1.54, 1.807) is 31.1 Å². The van der Waals surface area contributed by atoms with Gasteiger partial charge in [-0.05, 0) is 28.2 Å². The predicted molar refractivity (Wildman–Crippen MR) is 66.8 cm³/mol. The van der Waals surface area contributed by atoms with Gasteiger partial charge in [-0.3, -0.25) is 14.6 Å². The maximum Gasteiger partial charge on any atom is 0.262 e. The summed E-state index contributed by atoms with van der Waals surface area (Å²) in [5, 5.41) is 0. The quantitative estimate of drug-likeness (QED) is 0.588. The molecule has 1 aromatic rings. The molecule has 1 aromatic carbocycles. The Kier molecular flexibility index (Phi) is 3.49. The third kappa shape index (κ3) is 1.85. The maximum absolute atomic E-state index is 12.6. The molecule has 1 aliphatic rings. The molecule has 2 atom stereocenters. The molecule has 1 heterocycles. The van der Waals surface area contributed by atoms with E-state index in [0.717, 1.165) is 0 Å². The number of ketones is 1. The van der Waals surface area contributed by atoms with Crippen LogP contribution >= 0.6 is 0 Å². The topological polar surface area (TPSA) is 42.0 Å². The molecule has 0 aliphatic carbocycles. The number of nitrogens with zero attached hydrogens (tertiary/aromatic N) is 2. The first-order chi connectivity index (χ1) is 8.50. The van der Waals surface area contributed by atoms with Crippen molar-refractivity contribution in [2.45, 2.75) is 12.0 Å². The third-order valence-corrected chi connectivity index (χ3v) is 3.10. The first-order valence-corrected chi connectivity index (χ1v) is 5.78. The standard InChI is InChI=1S/C13H18N2O3/c1-14(2)12-13(15(3)4,18-17-12)11(16)10-8-6-5-7-9-10/h5-9,12H,1-4H3. The lowest BCUT2D eigenvalue weighted by Gasteiger charge is -2.51. The molecule has 0 N–H and O–H groups in total. The van der Waals surface area contributed by atoms with Gasteiger partial charge >= 0.3 is 0 Å². The first-order valence-electron chi connectivity index (χ1n) is 5.78. The molecular formula is C13H18N2O3. The largest absolute Gasteiger partial charge is 0.289 e. The summed E-state index contributed by atoms with van der Waals surface area (Å²) in [5.41, 5.74) is -0.466. The van der Waals surface area contributed by atoms with E-state index in [1.807, 2.05) is 37.2 Å². The van der Waals surface area contributed by atoms with Crippen LogP contribution in [0, 0.1) is 0 Å². The zero-order valence-electron chi connectivity index (χ0n) is 11.1. The highest BCUT2D eigenvalue weighted by molar-refractivity contribution is 6.02. The number of carbonyl (C=O) groups excluding carboxylic acids is 1. The SMILES string of the molecule is CN(C)C1OOC1(C(=O)c1ccccc1)N(C)C. The molecule has 18 heavy (non-hydrogen) atoms. The Balaban J connectivity index is 2.35. The maximum atomic E-state index is 12.6. The second-order valence-corrected chi connectivity index (χ2v) is 4.78. The van der Waals surface area contributed by atoms with Crippen molar-refractivity contribution in [1.82, 2.24) is 9.80 Å². The van der Waals surface area contributed by atoms with Crippen LogP contribution in [0.1, 0.15) is 10.4 Å². The van der Waals surface area contributed by atoms with Crippen molar-refractivity contribution in [1.29, 1.82) is 0 Å². The minimum absolute atomic E-state index is 0.0990. The molecule has 5 nitrogen and oxygen atoms in total. The Morgan fingerprint density at radius 3 is 2.17 bits per heavy atom. The second-order valence-electron chi connectivity index (χ2n) is 4.78. The molecule has 98 valence electrons. The number of benzene rings is 1. The molecule has 0 saturated carbocycles. The van der Waals surface area contributed by atoms with E-state index >= 15 is 0 Å². The summed E-state index contributed by atoms with van der Waals surface area (Å²) in [7, 11) is 7.31. The first kappa shape index (κ1) is 13.2. The monoisotopic (exact) mass is 250 g/mol. The van der Waals surface area contributed by atoms with E-state index in [2.05, 4.69) is 0 Å². The highest BCUT2D eigenvalue weighted by atomic mass is 17.3. The van der Waals surface area contributed by atoms with E-state index in [4.69, 9.17) is 9.78 Å². The second kappa shape index (κ2) is 4.78. The van der Waals surface area contributed by atoms with Crippen molar-refractivity contribution in [3.05, 3.63) is 35.9 Å². The van der Waals surface area contributed by atoms with Gasteiger partial charge in [0.1, 0.15) is 0 Å². The average molecular weight is 250 g/mol. The van der Waals surface area contributed by atoms with Crippen LogP contribution in [0.4, 0.5) is 0 Å². The minimum atomic E-state index is -1.08. The molecule has 1 aliphatic heterocycles. The van der Waals surface area contributed by atoms with Crippen molar-refractivity contribution in [3.8, 4) is 0 Å². The number of rotatable bonds is 4. The van der Waals surface area contributed by atoms with Gasteiger partial charge in [-0.2, -0.15) is 4.89 Å². The number of likely N-dealkylation sites (N-methyl/N-ethyl adjacent to an activating group) is 2. The summed E-state index contributed by atoms with van der Waals surface area (Å²) in [5.74, 6) is -0.0990. The minimum Gasteiger partial charge on any atom is -0.289 e. The number of hydrogen-bond acceptors (Lipinski definition) is 5. The fourth-order valence-electron chi connectivity index (χ4n) is 2.06. The molecule has 0 amide bonds. The number of hydrogen-bond donors (Lipinski definition) is 0. The Hall–Kier alpha value is -1.27. The Morgan fingerprint density at radius 1 is 1.17 bits per heavy atom. The van der Waals surface area contributed by atoms with Gasteiger partial charge in [0.05, 0.1) is 0 Å². The van der Waals surface area contributed by atoms with E-state index in [0.29, 0.717) is 5.56 Å². The molecule has 0 bridgehead atoms. The van der Waals surface area contributed by atoms with Crippen LogP contribution in [-0.4, -0.2) is 55.7 Å². The summed E-state index contributed by atoms with van der Waals surface area (Å²) >= 11 is 0.